The highest BCUT2D eigenvalue weighted by molar-refractivity contribution is 9.10. The third-order valence-electron chi connectivity index (χ3n) is 3.11. The van der Waals surface area contributed by atoms with Crippen LogP contribution in [0.5, 0.6) is 0 Å². The van der Waals surface area contributed by atoms with E-state index < -0.39 is 5.97 Å². The summed E-state index contributed by atoms with van der Waals surface area (Å²) in [5.41, 5.74) is 0.931. The monoisotopic (exact) mass is 355 g/mol. The Bertz CT molecular complexity index is 488. The van der Waals surface area contributed by atoms with E-state index in [1.165, 1.54) is 0 Å². The standard InChI is InChI=1S/C16H22BrNO3/c1-11(2)6-13(9-16(20)21)10-18-15(19)8-12-4-3-5-14(17)7-12/h3-5,7,11,13H,6,8-10H2,1-2H3,(H,18,19)(H,20,21). The summed E-state index contributed by atoms with van der Waals surface area (Å²) in [5, 5.41) is 11.8. The Hall–Kier alpha value is -1.36. The lowest BCUT2D eigenvalue weighted by Crippen LogP contribution is -2.32. The van der Waals surface area contributed by atoms with Crippen molar-refractivity contribution >= 4 is 27.8 Å². The lowest BCUT2D eigenvalue weighted by atomic mass is 9.94. The molecule has 116 valence electrons. The highest BCUT2D eigenvalue weighted by Crippen LogP contribution is 2.15. The number of carboxylic acid groups (broad SMARTS) is 1. The zero-order valence-corrected chi connectivity index (χ0v) is 14.0. The fourth-order valence-electron chi connectivity index (χ4n) is 2.31. The molecule has 0 saturated carbocycles. The maximum Gasteiger partial charge on any atom is 0.303 e. The van der Waals surface area contributed by atoms with Gasteiger partial charge in [0.05, 0.1) is 6.42 Å². The average molecular weight is 356 g/mol. The SMILES string of the molecule is CC(C)CC(CNC(=O)Cc1cccc(Br)c1)CC(=O)O. The van der Waals surface area contributed by atoms with E-state index in [-0.39, 0.29) is 18.2 Å². The molecule has 1 aromatic carbocycles. The predicted molar refractivity (Wildman–Crippen MR) is 86.1 cm³/mol. The molecule has 1 aromatic rings. The van der Waals surface area contributed by atoms with Crippen molar-refractivity contribution in [2.75, 3.05) is 6.54 Å². The Morgan fingerprint density at radius 2 is 2.05 bits per heavy atom. The maximum absolute atomic E-state index is 11.9. The van der Waals surface area contributed by atoms with Gasteiger partial charge >= 0.3 is 5.97 Å². The molecule has 1 atom stereocenters. The summed E-state index contributed by atoms with van der Waals surface area (Å²) in [5.74, 6) is -0.501. The maximum atomic E-state index is 11.9. The second kappa shape index (κ2) is 8.82. The van der Waals surface area contributed by atoms with Crippen LogP contribution in [0.4, 0.5) is 0 Å². The Labute approximate surface area is 134 Å². The van der Waals surface area contributed by atoms with Crippen molar-refractivity contribution in [3.8, 4) is 0 Å². The van der Waals surface area contributed by atoms with Gasteiger partial charge in [-0.3, -0.25) is 9.59 Å². The van der Waals surface area contributed by atoms with E-state index in [1.807, 2.05) is 24.3 Å². The summed E-state index contributed by atoms with van der Waals surface area (Å²) in [6.07, 6.45) is 1.19. The van der Waals surface area contributed by atoms with Gasteiger partial charge in [-0.15, -0.1) is 0 Å². The van der Waals surface area contributed by atoms with Gasteiger partial charge < -0.3 is 10.4 Å². The van der Waals surface area contributed by atoms with Crippen LogP contribution in [0.15, 0.2) is 28.7 Å². The van der Waals surface area contributed by atoms with Crippen molar-refractivity contribution in [3.05, 3.63) is 34.3 Å². The molecule has 0 fully saturated rings. The number of carboxylic acids is 1. The fraction of sp³-hybridized carbons (Fsp3) is 0.500. The Kier molecular flexibility index (Phi) is 7.43. The minimum absolute atomic E-state index is 0.0195. The van der Waals surface area contributed by atoms with Crippen molar-refractivity contribution in [3.63, 3.8) is 0 Å². The molecule has 0 heterocycles. The summed E-state index contributed by atoms with van der Waals surface area (Å²) in [6.45, 7) is 4.52. The number of hydrogen-bond acceptors (Lipinski definition) is 2. The lowest BCUT2D eigenvalue weighted by molar-refractivity contribution is -0.138. The van der Waals surface area contributed by atoms with Crippen LogP contribution in [0.25, 0.3) is 0 Å². The van der Waals surface area contributed by atoms with Crippen molar-refractivity contribution in [2.24, 2.45) is 11.8 Å². The van der Waals surface area contributed by atoms with Crippen LogP contribution in [0.3, 0.4) is 0 Å². The van der Waals surface area contributed by atoms with E-state index >= 15 is 0 Å². The Morgan fingerprint density at radius 1 is 1.33 bits per heavy atom. The first-order valence-electron chi connectivity index (χ1n) is 7.09. The highest BCUT2D eigenvalue weighted by Gasteiger charge is 2.16. The second-order valence-electron chi connectivity index (χ2n) is 5.70. The molecule has 0 aliphatic carbocycles. The minimum Gasteiger partial charge on any atom is -0.481 e. The zero-order valence-electron chi connectivity index (χ0n) is 12.4. The number of rotatable bonds is 8. The summed E-state index contributed by atoms with van der Waals surface area (Å²) in [4.78, 5) is 22.8. The number of carbonyl (C=O) groups excluding carboxylic acids is 1. The van der Waals surface area contributed by atoms with E-state index in [0.29, 0.717) is 18.9 Å². The van der Waals surface area contributed by atoms with Gasteiger partial charge in [-0.25, -0.2) is 0 Å². The van der Waals surface area contributed by atoms with Crippen LogP contribution < -0.4 is 5.32 Å². The van der Waals surface area contributed by atoms with Crippen molar-refractivity contribution in [1.82, 2.24) is 5.32 Å². The van der Waals surface area contributed by atoms with Gasteiger partial charge in [0.1, 0.15) is 0 Å². The van der Waals surface area contributed by atoms with Crippen LogP contribution in [-0.4, -0.2) is 23.5 Å². The Morgan fingerprint density at radius 3 is 2.62 bits per heavy atom. The van der Waals surface area contributed by atoms with Gasteiger partial charge in [0, 0.05) is 17.4 Å². The zero-order chi connectivity index (χ0) is 15.8. The molecule has 0 spiro atoms. The molecule has 1 amide bonds. The van der Waals surface area contributed by atoms with Crippen LogP contribution >= 0.6 is 15.9 Å². The lowest BCUT2D eigenvalue weighted by Gasteiger charge is -2.17. The summed E-state index contributed by atoms with van der Waals surface area (Å²) >= 11 is 3.37. The summed E-state index contributed by atoms with van der Waals surface area (Å²) in [6, 6.07) is 7.60. The van der Waals surface area contributed by atoms with Gasteiger partial charge in [-0.2, -0.15) is 0 Å². The summed E-state index contributed by atoms with van der Waals surface area (Å²) < 4.78 is 0.941. The molecule has 0 bridgehead atoms. The van der Waals surface area contributed by atoms with Crippen LogP contribution in [0.1, 0.15) is 32.3 Å². The molecular weight excluding hydrogens is 334 g/mol. The molecule has 0 saturated heterocycles. The highest BCUT2D eigenvalue weighted by atomic mass is 79.9. The predicted octanol–water partition coefficient (Wildman–Crippen LogP) is 3.24. The number of halogens is 1. The molecular formula is C16H22BrNO3. The third kappa shape index (κ3) is 7.85. The Balaban J connectivity index is 2.47. The van der Waals surface area contributed by atoms with Crippen LogP contribution in [-0.2, 0) is 16.0 Å². The van der Waals surface area contributed by atoms with Crippen molar-refractivity contribution < 1.29 is 14.7 Å². The fourth-order valence-corrected chi connectivity index (χ4v) is 2.75. The van der Waals surface area contributed by atoms with Gasteiger partial charge in [0.25, 0.3) is 0 Å². The first-order chi connectivity index (χ1) is 9.86. The third-order valence-corrected chi connectivity index (χ3v) is 3.60. The number of aliphatic carboxylic acids is 1. The molecule has 1 unspecified atom stereocenters. The number of nitrogens with one attached hydrogen (secondary N) is 1. The summed E-state index contributed by atoms with van der Waals surface area (Å²) in [7, 11) is 0. The first kappa shape index (κ1) is 17.7. The van der Waals surface area contributed by atoms with Crippen LogP contribution in [0.2, 0.25) is 0 Å². The van der Waals surface area contributed by atoms with Crippen molar-refractivity contribution in [2.45, 2.75) is 33.1 Å². The topological polar surface area (TPSA) is 66.4 Å². The molecule has 0 aliphatic heterocycles. The molecule has 0 aliphatic rings. The largest absolute Gasteiger partial charge is 0.481 e. The van der Waals surface area contributed by atoms with E-state index in [0.717, 1.165) is 16.5 Å². The average Bonchev–Trinajstić information content (AvgIpc) is 2.34. The number of carbonyl (C=O) groups is 2. The van der Waals surface area contributed by atoms with E-state index in [9.17, 15) is 9.59 Å². The molecule has 0 aromatic heterocycles. The number of hydrogen-bond donors (Lipinski definition) is 2. The van der Waals surface area contributed by atoms with Gasteiger partial charge in [-0.05, 0) is 36.0 Å². The van der Waals surface area contributed by atoms with E-state index in [2.05, 4.69) is 35.1 Å². The smallest absolute Gasteiger partial charge is 0.303 e. The van der Waals surface area contributed by atoms with Crippen molar-refractivity contribution in [1.29, 1.82) is 0 Å². The molecule has 2 N–H and O–H groups in total. The molecule has 21 heavy (non-hydrogen) atoms. The molecule has 0 radical (unpaired) electrons. The van der Waals surface area contributed by atoms with Gasteiger partial charge in [0.2, 0.25) is 5.91 Å². The second-order valence-corrected chi connectivity index (χ2v) is 6.62. The van der Waals surface area contributed by atoms with Gasteiger partial charge in [-0.1, -0.05) is 41.9 Å². The molecule has 5 heteroatoms. The van der Waals surface area contributed by atoms with Crippen LogP contribution in [0, 0.1) is 11.8 Å². The van der Waals surface area contributed by atoms with Gasteiger partial charge in [0.15, 0.2) is 0 Å². The molecule has 4 nitrogen and oxygen atoms in total. The minimum atomic E-state index is -0.818. The van der Waals surface area contributed by atoms with E-state index in [4.69, 9.17) is 5.11 Å². The number of amides is 1. The normalized spacial score (nSPS) is 12.2. The number of benzene rings is 1. The molecule has 1 rings (SSSR count). The quantitative estimate of drug-likeness (QED) is 0.752. The first-order valence-corrected chi connectivity index (χ1v) is 7.89. The van der Waals surface area contributed by atoms with E-state index in [1.54, 1.807) is 0 Å².